The monoisotopic (exact) mass is 467 g/mol. The zero-order valence-electron chi connectivity index (χ0n) is 17.0. The molecular formula is C22H18ClN5O3S. The highest BCUT2D eigenvalue weighted by Crippen LogP contribution is 2.21. The van der Waals surface area contributed by atoms with E-state index in [0.29, 0.717) is 32.7 Å². The fourth-order valence-electron chi connectivity index (χ4n) is 2.93. The van der Waals surface area contributed by atoms with Crippen LogP contribution in [0.15, 0.2) is 70.5 Å². The van der Waals surface area contributed by atoms with Crippen molar-refractivity contribution in [1.29, 1.82) is 0 Å². The van der Waals surface area contributed by atoms with Crippen molar-refractivity contribution in [2.75, 3.05) is 5.32 Å². The molecule has 10 heteroatoms. The normalized spacial score (nSPS) is 10.9. The molecule has 8 nitrogen and oxygen atoms in total. The van der Waals surface area contributed by atoms with Gasteiger partial charge in [0.2, 0.25) is 5.91 Å². The molecule has 0 saturated carbocycles. The van der Waals surface area contributed by atoms with Crippen LogP contribution in [0.5, 0.6) is 0 Å². The van der Waals surface area contributed by atoms with Gasteiger partial charge in [0.1, 0.15) is 11.6 Å². The molecule has 0 radical (unpaired) electrons. The highest BCUT2D eigenvalue weighted by molar-refractivity contribution is 7.98. The Hall–Kier alpha value is -3.43. The van der Waals surface area contributed by atoms with Crippen molar-refractivity contribution in [3.63, 3.8) is 0 Å². The molecule has 0 saturated heterocycles. The fraction of sp³-hybridized carbons (Fsp3) is 0.136. The van der Waals surface area contributed by atoms with E-state index in [1.165, 1.54) is 23.2 Å². The second-order valence-electron chi connectivity index (χ2n) is 6.98. The maximum Gasteiger partial charge on any atom is 0.367 e. The third kappa shape index (κ3) is 5.06. The Kier molecular flexibility index (Phi) is 6.38. The molecule has 4 rings (SSSR count). The number of rotatable bonds is 7. The standard InChI is InChI=1S/C22H18ClN5O3S/c1-14(29)16-4-8-18(9-5-16)24-20(30)12-27-22(31)28-19(25-27)10-11-21(26-28)32-13-15-2-6-17(23)7-3-15/h2-11H,12-13H2,1H3,(H,24,30). The van der Waals surface area contributed by atoms with Crippen LogP contribution in [0.25, 0.3) is 5.65 Å². The van der Waals surface area contributed by atoms with Gasteiger partial charge >= 0.3 is 5.69 Å². The van der Waals surface area contributed by atoms with Crippen molar-refractivity contribution in [3.05, 3.63) is 87.3 Å². The van der Waals surface area contributed by atoms with Crippen LogP contribution in [0.3, 0.4) is 0 Å². The molecule has 0 bridgehead atoms. The van der Waals surface area contributed by atoms with Crippen molar-refractivity contribution in [3.8, 4) is 0 Å². The van der Waals surface area contributed by atoms with E-state index < -0.39 is 11.6 Å². The van der Waals surface area contributed by atoms with Crippen molar-refractivity contribution in [2.24, 2.45) is 0 Å². The third-order valence-electron chi connectivity index (χ3n) is 4.58. The average Bonchev–Trinajstić information content (AvgIpc) is 3.08. The van der Waals surface area contributed by atoms with Crippen LogP contribution in [-0.2, 0) is 17.1 Å². The summed E-state index contributed by atoms with van der Waals surface area (Å²) in [5.74, 6) is 0.198. The first-order chi connectivity index (χ1) is 15.4. The van der Waals surface area contributed by atoms with Gasteiger partial charge in [0.25, 0.3) is 0 Å². The van der Waals surface area contributed by atoms with Crippen molar-refractivity contribution < 1.29 is 9.59 Å². The number of aromatic nitrogens is 4. The van der Waals surface area contributed by atoms with Gasteiger partial charge in [-0.3, -0.25) is 9.59 Å². The van der Waals surface area contributed by atoms with E-state index in [1.807, 2.05) is 24.3 Å². The predicted molar refractivity (Wildman–Crippen MR) is 123 cm³/mol. The number of ketones is 1. The smallest absolute Gasteiger partial charge is 0.324 e. The first-order valence-electron chi connectivity index (χ1n) is 9.64. The maximum atomic E-state index is 12.7. The van der Waals surface area contributed by atoms with E-state index in [-0.39, 0.29) is 12.3 Å². The lowest BCUT2D eigenvalue weighted by Crippen LogP contribution is -2.28. The summed E-state index contributed by atoms with van der Waals surface area (Å²) in [4.78, 5) is 36.4. The largest absolute Gasteiger partial charge is 0.367 e. The Morgan fingerprint density at radius 1 is 1.00 bits per heavy atom. The highest BCUT2D eigenvalue weighted by Gasteiger charge is 2.13. The topological polar surface area (TPSA) is 98.4 Å². The van der Waals surface area contributed by atoms with Gasteiger partial charge in [0, 0.05) is 22.0 Å². The molecular weight excluding hydrogens is 450 g/mol. The summed E-state index contributed by atoms with van der Waals surface area (Å²) in [6.45, 7) is 1.21. The molecule has 0 atom stereocenters. The summed E-state index contributed by atoms with van der Waals surface area (Å²) in [7, 11) is 0. The van der Waals surface area contributed by atoms with Gasteiger partial charge in [-0.15, -0.1) is 5.10 Å². The zero-order valence-corrected chi connectivity index (χ0v) is 18.6. The summed E-state index contributed by atoms with van der Waals surface area (Å²) in [6, 6.07) is 17.5. The van der Waals surface area contributed by atoms with Gasteiger partial charge in [0.15, 0.2) is 11.4 Å². The second kappa shape index (κ2) is 9.37. The van der Waals surface area contributed by atoms with Crippen LogP contribution < -0.4 is 11.0 Å². The fourth-order valence-corrected chi connectivity index (χ4v) is 3.87. The highest BCUT2D eigenvalue weighted by atomic mass is 35.5. The molecule has 0 aliphatic carbocycles. The minimum atomic E-state index is -0.504. The molecule has 2 aromatic carbocycles. The van der Waals surface area contributed by atoms with Gasteiger partial charge in [-0.1, -0.05) is 35.5 Å². The van der Waals surface area contributed by atoms with Crippen LogP contribution in [0, 0.1) is 0 Å². The predicted octanol–water partition coefficient (Wildman–Crippen LogP) is 3.68. The Balaban J connectivity index is 1.44. The summed E-state index contributed by atoms with van der Waals surface area (Å²) >= 11 is 7.38. The molecule has 1 N–H and O–H groups in total. The summed E-state index contributed by atoms with van der Waals surface area (Å²) < 4.78 is 2.24. The van der Waals surface area contributed by atoms with Crippen LogP contribution in [0.2, 0.25) is 5.02 Å². The number of anilines is 1. The van der Waals surface area contributed by atoms with Crippen molar-refractivity contribution in [1.82, 2.24) is 19.4 Å². The summed E-state index contributed by atoms with van der Waals surface area (Å²) in [5, 5.41) is 12.5. The van der Waals surface area contributed by atoms with Gasteiger partial charge in [-0.2, -0.15) is 9.61 Å². The molecule has 162 valence electrons. The molecule has 0 unspecified atom stereocenters. The number of hydrogen-bond donors (Lipinski definition) is 1. The molecule has 0 fully saturated rings. The molecule has 0 aliphatic rings. The summed E-state index contributed by atoms with van der Waals surface area (Å²) in [5.41, 5.74) is 2.00. The Morgan fingerprint density at radius 3 is 2.41 bits per heavy atom. The number of amides is 1. The molecule has 0 aliphatic heterocycles. The number of fused-ring (bicyclic) bond motifs is 1. The van der Waals surface area contributed by atoms with Gasteiger partial charge in [-0.05, 0) is 61.0 Å². The first kappa shape index (κ1) is 21.8. The molecule has 1 amide bonds. The lowest BCUT2D eigenvalue weighted by atomic mass is 10.1. The number of nitrogens with one attached hydrogen (secondary N) is 1. The molecule has 2 aromatic heterocycles. The van der Waals surface area contributed by atoms with Crippen LogP contribution in [0.1, 0.15) is 22.8 Å². The van der Waals surface area contributed by atoms with Gasteiger partial charge < -0.3 is 5.32 Å². The van der Waals surface area contributed by atoms with Crippen LogP contribution in [0.4, 0.5) is 5.69 Å². The van der Waals surface area contributed by atoms with Crippen molar-refractivity contribution >= 4 is 46.4 Å². The number of halogens is 1. The zero-order chi connectivity index (χ0) is 22.7. The summed E-state index contributed by atoms with van der Waals surface area (Å²) in [6.07, 6.45) is 0. The maximum absolute atomic E-state index is 12.7. The first-order valence-corrected chi connectivity index (χ1v) is 11.0. The number of carbonyl (C=O) groups is 2. The SMILES string of the molecule is CC(=O)c1ccc(NC(=O)Cn2nc3ccc(SCc4ccc(Cl)cc4)nn3c2=O)cc1. The average molecular weight is 468 g/mol. The quantitative estimate of drug-likeness (QED) is 0.329. The molecule has 4 aromatic rings. The van der Waals surface area contributed by atoms with E-state index >= 15 is 0 Å². The second-order valence-corrected chi connectivity index (χ2v) is 8.41. The number of hydrogen-bond acceptors (Lipinski definition) is 6. The van der Waals surface area contributed by atoms with E-state index in [9.17, 15) is 14.4 Å². The van der Waals surface area contributed by atoms with Crippen LogP contribution >= 0.6 is 23.4 Å². The molecule has 0 spiro atoms. The molecule has 2 heterocycles. The van der Waals surface area contributed by atoms with E-state index in [1.54, 1.807) is 36.4 Å². The van der Waals surface area contributed by atoms with Gasteiger partial charge in [0.05, 0.1) is 0 Å². The Labute approximate surface area is 192 Å². The minimum absolute atomic E-state index is 0.0580. The van der Waals surface area contributed by atoms with E-state index in [4.69, 9.17) is 11.6 Å². The van der Waals surface area contributed by atoms with E-state index in [0.717, 1.165) is 10.2 Å². The lowest BCUT2D eigenvalue weighted by molar-refractivity contribution is -0.117. The third-order valence-corrected chi connectivity index (χ3v) is 5.83. The lowest BCUT2D eigenvalue weighted by Gasteiger charge is -2.05. The number of benzene rings is 2. The minimum Gasteiger partial charge on any atom is -0.324 e. The molecule has 32 heavy (non-hydrogen) atoms. The number of carbonyl (C=O) groups excluding carboxylic acids is 2. The number of thioether (sulfide) groups is 1. The number of Topliss-reactive ketones (excluding diaryl/α,β-unsaturated/α-hetero) is 1. The van der Waals surface area contributed by atoms with Crippen LogP contribution in [-0.4, -0.2) is 31.1 Å². The Morgan fingerprint density at radius 2 is 1.72 bits per heavy atom. The van der Waals surface area contributed by atoms with Gasteiger partial charge in [-0.25, -0.2) is 9.48 Å². The Bertz CT molecular complexity index is 1350. The van der Waals surface area contributed by atoms with E-state index in [2.05, 4.69) is 15.5 Å². The number of nitrogens with zero attached hydrogens (tertiary/aromatic N) is 4. The van der Waals surface area contributed by atoms with Crippen molar-refractivity contribution in [2.45, 2.75) is 24.2 Å².